The molecule has 0 spiro atoms. The highest BCUT2D eigenvalue weighted by Crippen LogP contribution is 2.31. The first-order valence-corrected chi connectivity index (χ1v) is 9.22. The van der Waals surface area contributed by atoms with Crippen LogP contribution in [0.5, 0.6) is 0 Å². The molecule has 0 atom stereocenters. The monoisotopic (exact) mass is 352 g/mol. The lowest BCUT2D eigenvalue weighted by atomic mass is 10.2. The first-order chi connectivity index (χ1) is 12.3. The van der Waals surface area contributed by atoms with Gasteiger partial charge in [-0.3, -0.25) is 4.68 Å². The third kappa shape index (κ3) is 3.81. The molecule has 0 aliphatic carbocycles. The van der Waals surface area contributed by atoms with Crippen LogP contribution in [0.4, 0.5) is 0 Å². The predicted molar refractivity (Wildman–Crippen MR) is 101 cm³/mol. The summed E-state index contributed by atoms with van der Waals surface area (Å²) in [4.78, 5) is 4.64. The van der Waals surface area contributed by atoms with Crippen molar-refractivity contribution in [1.82, 2.24) is 20.1 Å². The zero-order valence-corrected chi connectivity index (χ0v) is 14.9. The molecule has 3 heterocycles. The summed E-state index contributed by atoms with van der Waals surface area (Å²) in [6.07, 6.45) is 6.11. The smallest absolute Gasteiger partial charge is 0.163 e. The molecular formula is C19H20N4OS. The van der Waals surface area contributed by atoms with E-state index in [4.69, 9.17) is 4.42 Å². The molecule has 5 nitrogen and oxygen atoms in total. The minimum absolute atomic E-state index is 0.734. The lowest BCUT2D eigenvalue weighted by Gasteiger charge is -2.01. The molecule has 4 aromatic rings. The van der Waals surface area contributed by atoms with Crippen LogP contribution in [0.25, 0.3) is 21.0 Å². The maximum atomic E-state index is 5.94. The fraction of sp³-hybridized carbons (Fsp3) is 0.263. The lowest BCUT2D eigenvalue weighted by Crippen LogP contribution is -2.14. The minimum Gasteiger partial charge on any atom is -0.457 e. The maximum Gasteiger partial charge on any atom is 0.163 e. The van der Waals surface area contributed by atoms with E-state index in [1.165, 1.54) is 10.3 Å². The Labute approximate surface area is 150 Å². The Hall–Kier alpha value is -2.44. The van der Waals surface area contributed by atoms with Gasteiger partial charge >= 0.3 is 0 Å². The number of benzene rings is 1. The molecule has 128 valence electrons. The van der Waals surface area contributed by atoms with Gasteiger partial charge in [0.1, 0.15) is 5.76 Å². The number of nitrogens with one attached hydrogen (secondary N) is 1. The number of fused-ring (bicyclic) bond motifs is 1. The van der Waals surface area contributed by atoms with Gasteiger partial charge in [0.05, 0.1) is 23.0 Å². The number of furan rings is 1. The predicted octanol–water partition coefficient (Wildman–Crippen LogP) is 4.01. The molecule has 3 aromatic heterocycles. The molecule has 0 bridgehead atoms. The van der Waals surface area contributed by atoms with Crippen molar-refractivity contribution in [2.75, 3.05) is 6.54 Å². The lowest BCUT2D eigenvalue weighted by molar-refractivity contribution is 0.491. The summed E-state index contributed by atoms with van der Waals surface area (Å²) in [5.41, 5.74) is 2.30. The van der Waals surface area contributed by atoms with E-state index >= 15 is 0 Å². The van der Waals surface area contributed by atoms with Gasteiger partial charge in [0, 0.05) is 13.2 Å². The van der Waals surface area contributed by atoms with Crippen LogP contribution in [-0.4, -0.2) is 21.3 Å². The highest BCUT2D eigenvalue weighted by molar-refractivity contribution is 7.21. The Morgan fingerprint density at radius 1 is 1.20 bits per heavy atom. The first-order valence-electron chi connectivity index (χ1n) is 8.41. The molecule has 1 N–H and O–H groups in total. The average Bonchev–Trinajstić information content (AvgIpc) is 3.33. The molecule has 4 rings (SSSR count). The van der Waals surface area contributed by atoms with E-state index in [0.29, 0.717) is 0 Å². The standard InChI is InChI=1S/C19H20N4OS/c1-23-13-14(11-21-23)5-4-10-20-12-15-8-9-17(24-15)19-22-16-6-2-3-7-18(16)25-19/h2-3,6-9,11,13,20H,4-5,10,12H2,1H3. The second kappa shape index (κ2) is 7.21. The molecule has 0 unspecified atom stereocenters. The zero-order chi connectivity index (χ0) is 17.1. The number of hydrogen-bond acceptors (Lipinski definition) is 5. The van der Waals surface area contributed by atoms with Crippen LogP contribution in [0, 0.1) is 0 Å². The fourth-order valence-corrected chi connectivity index (χ4v) is 3.72. The van der Waals surface area contributed by atoms with Crippen molar-refractivity contribution in [1.29, 1.82) is 0 Å². The normalized spacial score (nSPS) is 11.4. The molecule has 0 aliphatic heterocycles. The Balaban J connectivity index is 1.29. The van der Waals surface area contributed by atoms with Crippen LogP contribution in [0.1, 0.15) is 17.7 Å². The molecule has 0 radical (unpaired) electrons. The number of para-hydroxylation sites is 1. The van der Waals surface area contributed by atoms with Crippen molar-refractivity contribution in [3.63, 3.8) is 0 Å². The summed E-state index contributed by atoms with van der Waals surface area (Å²) in [5, 5.41) is 8.55. The summed E-state index contributed by atoms with van der Waals surface area (Å²) in [6, 6.07) is 12.2. The molecular weight excluding hydrogens is 332 g/mol. The quantitative estimate of drug-likeness (QED) is 0.511. The summed E-state index contributed by atoms with van der Waals surface area (Å²) in [7, 11) is 1.95. The molecule has 1 aromatic carbocycles. The van der Waals surface area contributed by atoms with Gasteiger partial charge in [-0.1, -0.05) is 12.1 Å². The van der Waals surface area contributed by atoms with Gasteiger partial charge in [0.25, 0.3) is 0 Å². The number of nitrogens with zero attached hydrogens (tertiary/aromatic N) is 3. The van der Waals surface area contributed by atoms with Gasteiger partial charge in [0.15, 0.2) is 10.8 Å². The van der Waals surface area contributed by atoms with Crippen molar-refractivity contribution in [2.45, 2.75) is 19.4 Å². The van der Waals surface area contributed by atoms with E-state index in [1.54, 1.807) is 11.3 Å². The van der Waals surface area contributed by atoms with E-state index in [2.05, 4.69) is 27.7 Å². The van der Waals surface area contributed by atoms with Crippen molar-refractivity contribution < 1.29 is 4.42 Å². The Morgan fingerprint density at radius 3 is 2.96 bits per heavy atom. The fourth-order valence-electron chi connectivity index (χ4n) is 2.80. The van der Waals surface area contributed by atoms with Crippen LogP contribution < -0.4 is 5.32 Å². The van der Waals surface area contributed by atoms with Crippen molar-refractivity contribution in [3.05, 3.63) is 60.1 Å². The van der Waals surface area contributed by atoms with Crippen molar-refractivity contribution in [2.24, 2.45) is 7.05 Å². The number of aryl methyl sites for hydroxylation is 2. The number of hydrogen-bond donors (Lipinski definition) is 1. The number of thiazole rings is 1. The van der Waals surface area contributed by atoms with Crippen LogP contribution in [-0.2, 0) is 20.0 Å². The van der Waals surface area contributed by atoms with E-state index in [1.807, 2.05) is 48.3 Å². The van der Waals surface area contributed by atoms with Gasteiger partial charge in [-0.15, -0.1) is 11.3 Å². The highest BCUT2D eigenvalue weighted by Gasteiger charge is 2.10. The van der Waals surface area contributed by atoms with E-state index in [-0.39, 0.29) is 0 Å². The Morgan fingerprint density at radius 2 is 2.12 bits per heavy atom. The average molecular weight is 352 g/mol. The number of rotatable bonds is 7. The molecule has 0 amide bonds. The summed E-state index contributed by atoms with van der Waals surface area (Å²) in [5.74, 6) is 1.78. The molecule has 25 heavy (non-hydrogen) atoms. The van der Waals surface area contributed by atoms with Crippen LogP contribution in [0.3, 0.4) is 0 Å². The summed E-state index contributed by atoms with van der Waals surface area (Å²) >= 11 is 1.66. The van der Waals surface area contributed by atoms with Crippen molar-refractivity contribution in [3.8, 4) is 10.8 Å². The van der Waals surface area contributed by atoms with Gasteiger partial charge in [0.2, 0.25) is 0 Å². The van der Waals surface area contributed by atoms with Gasteiger partial charge in [-0.05, 0) is 49.2 Å². The highest BCUT2D eigenvalue weighted by atomic mass is 32.1. The Bertz CT molecular complexity index is 936. The molecule has 6 heteroatoms. The Kier molecular flexibility index (Phi) is 4.63. The van der Waals surface area contributed by atoms with Crippen molar-refractivity contribution >= 4 is 21.6 Å². The van der Waals surface area contributed by atoms with E-state index in [0.717, 1.165) is 48.0 Å². The van der Waals surface area contributed by atoms with Crippen LogP contribution >= 0.6 is 11.3 Å². The molecule has 0 fully saturated rings. The van der Waals surface area contributed by atoms with Gasteiger partial charge in [-0.25, -0.2) is 4.98 Å². The molecule has 0 saturated carbocycles. The molecule has 0 aliphatic rings. The van der Waals surface area contributed by atoms with Gasteiger partial charge in [-0.2, -0.15) is 5.10 Å². The van der Waals surface area contributed by atoms with Crippen LogP contribution in [0.2, 0.25) is 0 Å². The van der Waals surface area contributed by atoms with Gasteiger partial charge < -0.3 is 9.73 Å². The van der Waals surface area contributed by atoms with E-state index in [9.17, 15) is 0 Å². The topological polar surface area (TPSA) is 55.9 Å². The first kappa shape index (κ1) is 16.1. The third-order valence-electron chi connectivity index (χ3n) is 4.04. The van der Waals surface area contributed by atoms with E-state index < -0.39 is 0 Å². The summed E-state index contributed by atoms with van der Waals surface area (Å²) in [6.45, 7) is 1.68. The second-order valence-corrected chi connectivity index (χ2v) is 7.09. The SMILES string of the molecule is Cn1cc(CCCNCc2ccc(-c3nc4ccccc4s3)o2)cn1. The molecule has 0 saturated heterocycles. The third-order valence-corrected chi connectivity index (χ3v) is 5.09. The summed E-state index contributed by atoms with van der Waals surface area (Å²) < 4.78 is 8.97. The second-order valence-electron chi connectivity index (χ2n) is 6.06. The largest absolute Gasteiger partial charge is 0.457 e. The van der Waals surface area contributed by atoms with Crippen LogP contribution in [0.15, 0.2) is 53.2 Å². The zero-order valence-electron chi connectivity index (χ0n) is 14.1. The minimum atomic E-state index is 0.734. The maximum absolute atomic E-state index is 5.94. The number of aromatic nitrogens is 3.